The summed E-state index contributed by atoms with van der Waals surface area (Å²) in [7, 11) is 3.33. The van der Waals surface area contributed by atoms with E-state index >= 15 is 0 Å². The van der Waals surface area contributed by atoms with Crippen molar-refractivity contribution in [3.05, 3.63) is 68.5 Å². The molecule has 6 heteroatoms. The molecular weight excluding hydrogens is 390 g/mol. The summed E-state index contributed by atoms with van der Waals surface area (Å²) in [5.74, 6) is 1.59. The zero-order valence-electron chi connectivity index (χ0n) is 16.8. The lowest BCUT2D eigenvalue weighted by Gasteiger charge is -2.26. The number of aryl methyl sites for hydroxylation is 1. The summed E-state index contributed by atoms with van der Waals surface area (Å²) < 4.78 is 16.4. The fraction of sp³-hybridized carbons (Fsp3) is 0.348. The Labute approximate surface area is 174 Å². The van der Waals surface area contributed by atoms with Crippen molar-refractivity contribution in [2.75, 3.05) is 20.8 Å². The third kappa shape index (κ3) is 3.85. The van der Waals surface area contributed by atoms with Crippen LogP contribution in [0, 0.1) is 6.92 Å². The van der Waals surface area contributed by atoms with Crippen molar-refractivity contribution >= 4 is 22.6 Å². The molecule has 0 bridgehead atoms. The Hall–Kier alpha value is -2.50. The molecule has 1 unspecified atom stereocenters. The van der Waals surface area contributed by atoms with Crippen LogP contribution >= 0.6 is 11.6 Å². The largest absolute Gasteiger partial charge is 0.497 e. The van der Waals surface area contributed by atoms with Crippen molar-refractivity contribution in [1.29, 1.82) is 0 Å². The molecule has 0 amide bonds. The van der Waals surface area contributed by atoms with Gasteiger partial charge in [0.2, 0.25) is 0 Å². The first-order valence-corrected chi connectivity index (χ1v) is 10.1. The van der Waals surface area contributed by atoms with Gasteiger partial charge in [-0.1, -0.05) is 17.7 Å². The highest BCUT2D eigenvalue weighted by Crippen LogP contribution is 2.40. The van der Waals surface area contributed by atoms with E-state index < -0.39 is 0 Å². The molecule has 2 aromatic carbocycles. The maximum atomic E-state index is 12.1. The first-order valence-electron chi connectivity index (χ1n) is 9.69. The fourth-order valence-corrected chi connectivity index (χ4v) is 4.32. The van der Waals surface area contributed by atoms with E-state index in [1.54, 1.807) is 20.3 Å². The van der Waals surface area contributed by atoms with Gasteiger partial charge in [-0.15, -0.1) is 0 Å². The van der Waals surface area contributed by atoms with Crippen LogP contribution in [0.15, 0.2) is 45.6 Å². The van der Waals surface area contributed by atoms with E-state index in [0.717, 1.165) is 53.0 Å². The number of halogens is 1. The molecule has 0 saturated carbocycles. The van der Waals surface area contributed by atoms with E-state index in [1.165, 1.54) is 0 Å². The standard InChI is InChI=1S/C23H24ClNO4/c1-14-9-22-18(12-19(14)24)15(10-23(26)29-22)13-25-8-4-5-20(25)17-7-6-16(27-2)11-21(17)28-3/h6-7,9-12,20H,4-5,8,13H2,1-3H3. The van der Waals surface area contributed by atoms with Gasteiger partial charge in [-0.3, -0.25) is 4.90 Å². The van der Waals surface area contributed by atoms with Gasteiger partial charge in [-0.2, -0.15) is 0 Å². The molecule has 152 valence electrons. The lowest BCUT2D eigenvalue weighted by atomic mass is 10.0. The second kappa shape index (κ2) is 8.09. The molecule has 1 aliphatic rings. The molecule has 0 aliphatic carbocycles. The second-order valence-electron chi connectivity index (χ2n) is 7.42. The predicted octanol–water partition coefficient (Wildman–Crippen LogP) is 5.11. The molecule has 1 aromatic heterocycles. The van der Waals surface area contributed by atoms with Crippen molar-refractivity contribution in [1.82, 2.24) is 4.90 Å². The van der Waals surface area contributed by atoms with E-state index in [1.807, 2.05) is 31.2 Å². The van der Waals surface area contributed by atoms with Crippen LogP contribution in [0.4, 0.5) is 0 Å². The summed E-state index contributed by atoms with van der Waals surface area (Å²) in [5, 5.41) is 1.55. The average molecular weight is 414 g/mol. The van der Waals surface area contributed by atoms with E-state index in [9.17, 15) is 4.79 Å². The third-order valence-electron chi connectivity index (χ3n) is 5.65. The second-order valence-corrected chi connectivity index (χ2v) is 7.83. The van der Waals surface area contributed by atoms with Gasteiger partial charge in [0.25, 0.3) is 0 Å². The Morgan fingerprint density at radius 1 is 1.17 bits per heavy atom. The summed E-state index contributed by atoms with van der Waals surface area (Å²) in [6, 6.07) is 11.5. The molecule has 1 aliphatic heterocycles. The van der Waals surface area contributed by atoms with Gasteiger partial charge in [0.05, 0.1) is 14.2 Å². The Morgan fingerprint density at radius 2 is 2.00 bits per heavy atom. The molecular formula is C23H24ClNO4. The molecule has 0 spiro atoms. The number of fused-ring (bicyclic) bond motifs is 1. The minimum Gasteiger partial charge on any atom is -0.497 e. The first kappa shape index (κ1) is 19.8. The van der Waals surface area contributed by atoms with Gasteiger partial charge in [-0.25, -0.2) is 4.79 Å². The number of hydrogen-bond acceptors (Lipinski definition) is 5. The molecule has 1 fully saturated rings. The summed E-state index contributed by atoms with van der Waals surface area (Å²) in [4.78, 5) is 14.5. The summed E-state index contributed by atoms with van der Waals surface area (Å²) in [6.45, 7) is 3.49. The van der Waals surface area contributed by atoms with Crippen LogP contribution in [0.5, 0.6) is 11.5 Å². The number of methoxy groups -OCH3 is 2. The lowest BCUT2D eigenvalue weighted by Crippen LogP contribution is -2.24. The van der Waals surface area contributed by atoms with Gasteiger partial charge < -0.3 is 13.9 Å². The van der Waals surface area contributed by atoms with Gasteiger partial charge in [0.15, 0.2) is 0 Å². The SMILES string of the molecule is COc1ccc(C2CCCN2Cc2cc(=O)oc3cc(C)c(Cl)cc23)c(OC)c1. The number of ether oxygens (including phenoxy) is 2. The topological polar surface area (TPSA) is 51.9 Å². The van der Waals surface area contributed by atoms with Gasteiger partial charge in [-0.05, 0) is 55.6 Å². The highest BCUT2D eigenvalue weighted by Gasteiger charge is 2.29. The smallest absolute Gasteiger partial charge is 0.336 e. The average Bonchev–Trinajstić information content (AvgIpc) is 3.16. The van der Waals surface area contributed by atoms with Crippen LogP contribution in [-0.2, 0) is 6.54 Å². The maximum absolute atomic E-state index is 12.1. The zero-order chi connectivity index (χ0) is 20.5. The van der Waals surface area contributed by atoms with Crippen molar-refractivity contribution in [3.63, 3.8) is 0 Å². The number of rotatable bonds is 5. The summed E-state index contributed by atoms with van der Waals surface area (Å²) in [6.07, 6.45) is 2.11. The molecule has 0 radical (unpaired) electrons. The molecule has 29 heavy (non-hydrogen) atoms. The Kier molecular flexibility index (Phi) is 5.52. The quantitative estimate of drug-likeness (QED) is 0.544. The maximum Gasteiger partial charge on any atom is 0.336 e. The van der Waals surface area contributed by atoms with Crippen LogP contribution in [0.25, 0.3) is 11.0 Å². The van der Waals surface area contributed by atoms with Crippen LogP contribution in [0.2, 0.25) is 5.02 Å². The molecule has 5 nitrogen and oxygen atoms in total. The van der Waals surface area contributed by atoms with Crippen molar-refractivity contribution in [2.24, 2.45) is 0 Å². The van der Waals surface area contributed by atoms with Crippen LogP contribution in [-0.4, -0.2) is 25.7 Å². The van der Waals surface area contributed by atoms with E-state index in [0.29, 0.717) is 17.2 Å². The number of benzene rings is 2. The van der Waals surface area contributed by atoms with Crippen LogP contribution in [0.3, 0.4) is 0 Å². The Balaban J connectivity index is 1.71. The van der Waals surface area contributed by atoms with E-state index in [-0.39, 0.29) is 11.7 Å². The summed E-state index contributed by atoms with van der Waals surface area (Å²) in [5.41, 5.74) is 3.19. The zero-order valence-corrected chi connectivity index (χ0v) is 17.6. The number of hydrogen-bond donors (Lipinski definition) is 0. The first-order chi connectivity index (χ1) is 14.0. The summed E-state index contributed by atoms with van der Waals surface area (Å²) >= 11 is 6.35. The van der Waals surface area contributed by atoms with Crippen molar-refractivity contribution in [3.8, 4) is 11.5 Å². The van der Waals surface area contributed by atoms with E-state index in [2.05, 4.69) is 11.0 Å². The highest BCUT2D eigenvalue weighted by atomic mass is 35.5. The van der Waals surface area contributed by atoms with Crippen LogP contribution in [0.1, 0.15) is 35.6 Å². The lowest BCUT2D eigenvalue weighted by molar-refractivity contribution is 0.243. The van der Waals surface area contributed by atoms with Gasteiger partial charge >= 0.3 is 5.63 Å². The Morgan fingerprint density at radius 3 is 2.76 bits per heavy atom. The van der Waals surface area contributed by atoms with Crippen molar-refractivity contribution < 1.29 is 13.9 Å². The van der Waals surface area contributed by atoms with Crippen molar-refractivity contribution in [2.45, 2.75) is 32.4 Å². The highest BCUT2D eigenvalue weighted by molar-refractivity contribution is 6.32. The van der Waals surface area contributed by atoms with Gasteiger partial charge in [0, 0.05) is 40.7 Å². The molecule has 3 aromatic rings. The van der Waals surface area contributed by atoms with E-state index in [4.69, 9.17) is 25.5 Å². The molecule has 1 atom stereocenters. The molecule has 2 heterocycles. The fourth-order valence-electron chi connectivity index (χ4n) is 4.16. The Bertz CT molecular complexity index is 1110. The third-order valence-corrected chi connectivity index (χ3v) is 6.05. The minimum absolute atomic E-state index is 0.207. The van der Waals surface area contributed by atoms with Gasteiger partial charge in [0.1, 0.15) is 17.1 Å². The van der Waals surface area contributed by atoms with Crippen LogP contribution < -0.4 is 15.1 Å². The number of nitrogens with zero attached hydrogens (tertiary/aromatic N) is 1. The minimum atomic E-state index is -0.341. The molecule has 1 saturated heterocycles. The number of likely N-dealkylation sites (tertiary alicyclic amines) is 1. The molecule has 4 rings (SSSR count). The normalized spacial score (nSPS) is 17.0. The molecule has 0 N–H and O–H groups in total. The monoisotopic (exact) mass is 413 g/mol. The predicted molar refractivity (Wildman–Crippen MR) is 114 cm³/mol.